The Morgan fingerprint density at radius 2 is 1.53 bits per heavy atom. The fraction of sp³-hybridized carbons (Fsp3) is 0.565. The molecule has 1 saturated heterocycles. The van der Waals surface area contributed by atoms with Crippen molar-refractivity contribution in [1.29, 1.82) is 0 Å². The average Bonchev–Trinajstić information content (AvgIpc) is 2.75. The Balaban J connectivity index is 2.15. The van der Waals surface area contributed by atoms with Crippen LogP contribution in [0.5, 0.6) is 0 Å². The Bertz CT molecular complexity index is 830. The monoisotopic (exact) mass is 481 g/mol. The second kappa shape index (κ2) is 13.6. The summed E-state index contributed by atoms with van der Waals surface area (Å²) in [7, 11) is 0. The van der Waals surface area contributed by atoms with Gasteiger partial charge in [0.05, 0.1) is 19.8 Å². The number of amides is 1. The highest BCUT2D eigenvalue weighted by Gasteiger charge is 2.51. The van der Waals surface area contributed by atoms with Crippen LogP contribution in [0.25, 0.3) is 0 Å². The van der Waals surface area contributed by atoms with Gasteiger partial charge in [0.1, 0.15) is 18.8 Å². The van der Waals surface area contributed by atoms with Gasteiger partial charge in [0.2, 0.25) is 5.91 Å². The van der Waals surface area contributed by atoms with Crippen LogP contribution in [0.15, 0.2) is 30.3 Å². The lowest BCUT2D eigenvalue weighted by Crippen LogP contribution is -2.66. The molecule has 0 saturated carbocycles. The van der Waals surface area contributed by atoms with Gasteiger partial charge in [-0.3, -0.25) is 19.2 Å². The van der Waals surface area contributed by atoms with E-state index in [0.29, 0.717) is 6.61 Å². The molecule has 0 bridgehead atoms. The first-order valence-corrected chi connectivity index (χ1v) is 10.8. The quantitative estimate of drug-likeness (QED) is 0.275. The van der Waals surface area contributed by atoms with Crippen LogP contribution in [0.4, 0.5) is 0 Å². The molecule has 2 rings (SSSR count). The Morgan fingerprint density at radius 3 is 2.12 bits per heavy atom. The number of hydrogen-bond acceptors (Lipinski definition) is 10. The van der Waals surface area contributed by atoms with E-state index >= 15 is 0 Å². The summed E-state index contributed by atoms with van der Waals surface area (Å²) in [6.45, 7) is 5.22. The van der Waals surface area contributed by atoms with Crippen LogP contribution in [-0.4, -0.2) is 74.3 Å². The van der Waals surface area contributed by atoms with Gasteiger partial charge in [0.15, 0.2) is 18.5 Å². The summed E-state index contributed by atoms with van der Waals surface area (Å²) in [6, 6.07) is 8.56. The van der Waals surface area contributed by atoms with Crippen LogP contribution in [0, 0.1) is 0 Å². The number of carbonyl (C=O) groups is 4. The van der Waals surface area contributed by atoms with E-state index in [1.54, 1.807) is 0 Å². The molecule has 1 aliphatic heterocycles. The number of carbonyl (C=O) groups excluding carboxylic acids is 4. The van der Waals surface area contributed by atoms with Gasteiger partial charge in [0.25, 0.3) is 0 Å². The molecular formula is C23H31NO10. The minimum absolute atomic E-state index is 0.0822. The third-order valence-electron chi connectivity index (χ3n) is 4.69. The smallest absolute Gasteiger partial charge is 0.303 e. The lowest BCUT2D eigenvalue weighted by atomic mass is 9.96. The maximum Gasteiger partial charge on any atom is 0.303 e. The predicted octanol–water partition coefficient (Wildman–Crippen LogP) is 0.876. The number of nitrogens with one attached hydrogen (secondary N) is 1. The average molecular weight is 481 g/mol. The topological polar surface area (TPSA) is 136 Å². The molecule has 0 spiro atoms. The highest BCUT2D eigenvalue weighted by atomic mass is 16.7. The van der Waals surface area contributed by atoms with Gasteiger partial charge < -0.3 is 33.7 Å². The van der Waals surface area contributed by atoms with Gasteiger partial charge in [-0.25, -0.2) is 0 Å². The van der Waals surface area contributed by atoms with E-state index in [1.807, 2.05) is 30.3 Å². The maximum absolute atomic E-state index is 11.9. The summed E-state index contributed by atoms with van der Waals surface area (Å²) in [4.78, 5) is 46.8. The van der Waals surface area contributed by atoms with Crippen molar-refractivity contribution < 1.29 is 47.6 Å². The number of esters is 3. The summed E-state index contributed by atoms with van der Waals surface area (Å²) >= 11 is 0. The molecule has 11 nitrogen and oxygen atoms in total. The van der Waals surface area contributed by atoms with E-state index in [4.69, 9.17) is 28.4 Å². The minimum Gasteiger partial charge on any atom is -0.463 e. The second-order valence-corrected chi connectivity index (χ2v) is 7.63. The van der Waals surface area contributed by atoms with Gasteiger partial charge in [-0.1, -0.05) is 30.3 Å². The molecule has 0 aliphatic carbocycles. The molecule has 1 heterocycles. The van der Waals surface area contributed by atoms with E-state index < -0.39 is 54.5 Å². The Kier molecular flexibility index (Phi) is 10.9. The lowest BCUT2D eigenvalue weighted by molar-refractivity contribution is -0.279. The van der Waals surface area contributed by atoms with Crippen molar-refractivity contribution in [3.8, 4) is 0 Å². The van der Waals surface area contributed by atoms with E-state index in [1.165, 1.54) is 27.7 Å². The van der Waals surface area contributed by atoms with Crippen LogP contribution in [0.1, 0.15) is 33.3 Å². The van der Waals surface area contributed by atoms with Crippen molar-refractivity contribution in [3.63, 3.8) is 0 Å². The molecule has 5 unspecified atom stereocenters. The zero-order chi connectivity index (χ0) is 25.1. The SMILES string of the molecule is CC(=O)NC1C(OCCOCc2ccccc2)OC(COC(C)=O)C(OC(C)=O)C1OC(C)=O. The van der Waals surface area contributed by atoms with Crippen molar-refractivity contribution in [1.82, 2.24) is 5.32 Å². The number of benzene rings is 1. The lowest BCUT2D eigenvalue weighted by Gasteiger charge is -2.44. The van der Waals surface area contributed by atoms with Crippen LogP contribution in [-0.2, 0) is 54.2 Å². The zero-order valence-corrected chi connectivity index (χ0v) is 19.7. The highest BCUT2D eigenvalue weighted by molar-refractivity contribution is 5.73. The van der Waals surface area contributed by atoms with E-state index in [9.17, 15) is 19.2 Å². The van der Waals surface area contributed by atoms with Crippen molar-refractivity contribution in [2.45, 2.75) is 64.9 Å². The fourth-order valence-electron chi connectivity index (χ4n) is 3.42. The molecule has 1 N–H and O–H groups in total. The van der Waals surface area contributed by atoms with E-state index in [0.717, 1.165) is 5.56 Å². The van der Waals surface area contributed by atoms with Gasteiger partial charge >= 0.3 is 17.9 Å². The van der Waals surface area contributed by atoms with Crippen molar-refractivity contribution >= 4 is 23.8 Å². The first-order valence-electron chi connectivity index (χ1n) is 10.8. The first kappa shape index (κ1) is 27.2. The molecule has 1 aliphatic rings. The molecule has 1 aromatic carbocycles. The summed E-state index contributed by atoms with van der Waals surface area (Å²) < 4.78 is 33.1. The summed E-state index contributed by atoms with van der Waals surface area (Å²) in [5.41, 5.74) is 0.994. The van der Waals surface area contributed by atoms with Crippen molar-refractivity contribution in [2.75, 3.05) is 19.8 Å². The van der Waals surface area contributed by atoms with Crippen LogP contribution in [0.3, 0.4) is 0 Å². The molecule has 188 valence electrons. The molecule has 11 heteroatoms. The largest absolute Gasteiger partial charge is 0.463 e. The van der Waals surface area contributed by atoms with Gasteiger partial charge in [0, 0.05) is 27.7 Å². The summed E-state index contributed by atoms with van der Waals surface area (Å²) in [5.74, 6) is -2.37. The molecule has 1 aromatic rings. The van der Waals surface area contributed by atoms with Crippen molar-refractivity contribution in [3.05, 3.63) is 35.9 Å². The third-order valence-corrected chi connectivity index (χ3v) is 4.69. The number of hydrogen-bond donors (Lipinski definition) is 1. The van der Waals surface area contributed by atoms with Crippen LogP contribution in [0.2, 0.25) is 0 Å². The van der Waals surface area contributed by atoms with Crippen LogP contribution >= 0.6 is 0 Å². The molecule has 34 heavy (non-hydrogen) atoms. The van der Waals surface area contributed by atoms with E-state index in [2.05, 4.69) is 5.32 Å². The molecule has 1 fully saturated rings. The second-order valence-electron chi connectivity index (χ2n) is 7.63. The van der Waals surface area contributed by atoms with Gasteiger partial charge in [-0.15, -0.1) is 0 Å². The van der Waals surface area contributed by atoms with Gasteiger partial charge in [-0.05, 0) is 5.56 Å². The maximum atomic E-state index is 11.9. The molecule has 0 aromatic heterocycles. The van der Waals surface area contributed by atoms with Crippen LogP contribution < -0.4 is 5.32 Å². The third kappa shape index (κ3) is 9.08. The number of ether oxygens (including phenoxy) is 6. The fourth-order valence-corrected chi connectivity index (χ4v) is 3.42. The Hall–Kier alpha value is -3.02. The standard InChI is InChI=1S/C23H31NO10/c1-14(25)24-20-22(33-17(4)28)21(32-16(3)27)19(13-31-15(2)26)34-23(20)30-11-10-29-12-18-8-6-5-7-9-18/h5-9,19-23H,10-13H2,1-4H3,(H,24,25). The molecule has 1 amide bonds. The van der Waals surface area contributed by atoms with E-state index in [-0.39, 0.29) is 19.8 Å². The van der Waals surface area contributed by atoms with Crippen molar-refractivity contribution in [2.24, 2.45) is 0 Å². The summed E-state index contributed by atoms with van der Waals surface area (Å²) in [5, 5.41) is 2.64. The highest BCUT2D eigenvalue weighted by Crippen LogP contribution is 2.28. The zero-order valence-electron chi connectivity index (χ0n) is 19.7. The normalized spacial score (nSPS) is 24.1. The Morgan fingerprint density at radius 1 is 0.882 bits per heavy atom. The molecule has 5 atom stereocenters. The van der Waals surface area contributed by atoms with Gasteiger partial charge in [-0.2, -0.15) is 0 Å². The molecular weight excluding hydrogens is 450 g/mol. The Labute approximate surface area is 198 Å². The minimum atomic E-state index is -1.16. The first-order chi connectivity index (χ1) is 16.2. The summed E-state index contributed by atoms with van der Waals surface area (Å²) in [6.07, 6.45) is -4.44. The molecule has 0 radical (unpaired) electrons. The number of rotatable bonds is 11. The predicted molar refractivity (Wildman–Crippen MR) is 116 cm³/mol.